The Kier molecular flexibility index (Phi) is 6.61. The van der Waals surface area contributed by atoms with Gasteiger partial charge < -0.3 is 14.6 Å². The molecule has 1 fully saturated rings. The van der Waals surface area contributed by atoms with Crippen molar-refractivity contribution in [3.63, 3.8) is 0 Å². The fourth-order valence-corrected chi connectivity index (χ4v) is 4.98. The molecule has 1 N–H and O–H groups in total. The average Bonchev–Trinajstić information content (AvgIpc) is 3.64. The highest BCUT2D eigenvalue weighted by Gasteiger charge is 2.38. The molecule has 35 heavy (non-hydrogen) atoms. The standard InChI is InChI=1S/C27H29N5O3/c1-19-9-2-5-13-22(19)26(27(34)28-17-21-12-8-16-35-21)32(20-10-3-4-11-20)25(33)18-31-24-15-7-6-14-23(24)29-30-31/h2,5-9,12-16,20,26H,3-4,10-11,17-18H2,1H3,(H,28,34)/t26-/m1/s1. The van der Waals surface area contributed by atoms with Gasteiger partial charge in [-0.3, -0.25) is 9.59 Å². The summed E-state index contributed by atoms with van der Waals surface area (Å²) < 4.78 is 7.02. The Morgan fingerprint density at radius 1 is 1.09 bits per heavy atom. The first-order valence-corrected chi connectivity index (χ1v) is 12.1. The van der Waals surface area contributed by atoms with Gasteiger partial charge in [-0.1, -0.05) is 54.5 Å². The summed E-state index contributed by atoms with van der Waals surface area (Å²) in [6.07, 6.45) is 5.40. The molecule has 2 heterocycles. The maximum atomic E-state index is 13.9. The number of benzene rings is 2. The maximum absolute atomic E-state index is 13.9. The largest absolute Gasteiger partial charge is 0.467 e. The van der Waals surface area contributed by atoms with E-state index < -0.39 is 6.04 Å². The minimum Gasteiger partial charge on any atom is -0.467 e. The molecule has 2 aromatic heterocycles. The topological polar surface area (TPSA) is 93.3 Å². The van der Waals surface area contributed by atoms with Crippen LogP contribution < -0.4 is 5.32 Å². The molecule has 2 aromatic carbocycles. The normalized spacial score (nSPS) is 14.8. The zero-order valence-electron chi connectivity index (χ0n) is 19.8. The van der Waals surface area contributed by atoms with Crippen LogP contribution in [0.4, 0.5) is 0 Å². The SMILES string of the molecule is Cc1ccccc1[C@H](C(=O)NCc1ccco1)N(C(=O)Cn1nnc2ccccc21)C1CCCC1. The number of amides is 2. The lowest BCUT2D eigenvalue weighted by Crippen LogP contribution is -2.49. The van der Waals surface area contributed by atoms with Gasteiger partial charge in [-0.25, -0.2) is 4.68 Å². The lowest BCUT2D eigenvalue weighted by atomic mass is 9.97. The summed E-state index contributed by atoms with van der Waals surface area (Å²) in [5, 5.41) is 11.4. The molecule has 0 saturated heterocycles. The van der Waals surface area contributed by atoms with E-state index in [4.69, 9.17) is 4.42 Å². The Morgan fingerprint density at radius 2 is 1.86 bits per heavy atom. The lowest BCUT2D eigenvalue weighted by molar-refractivity contribution is -0.144. The summed E-state index contributed by atoms with van der Waals surface area (Å²) in [6, 6.07) is 18.2. The third-order valence-corrected chi connectivity index (χ3v) is 6.74. The molecule has 180 valence electrons. The number of furan rings is 1. The van der Waals surface area contributed by atoms with Crippen molar-refractivity contribution in [2.75, 3.05) is 0 Å². The van der Waals surface area contributed by atoms with E-state index in [2.05, 4.69) is 15.6 Å². The molecule has 0 radical (unpaired) electrons. The van der Waals surface area contributed by atoms with Gasteiger partial charge in [0.15, 0.2) is 0 Å². The second kappa shape index (κ2) is 10.1. The van der Waals surface area contributed by atoms with Crippen molar-refractivity contribution in [1.82, 2.24) is 25.2 Å². The van der Waals surface area contributed by atoms with Gasteiger partial charge in [-0.05, 0) is 55.2 Å². The quantitative estimate of drug-likeness (QED) is 0.417. The lowest BCUT2D eigenvalue weighted by Gasteiger charge is -2.36. The molecule has 0 unspecified atom stereocenters. The number of nitrogens with zero attached hydrogens (tertiary/aromatic N) is 4. The monoisotopic (exact) mass is 471 g/mol. The average molecular weight is 472 g/mol. The molecular weight excluding hydrogens is 442 g/mol. The first kappa shape index (κ1) is 22.8. The second-order valence-corrected chi connectivity index (χ2v) is 9.03. The second-order valence-electron chi connectivity index (χ2n) is 9.03. The Morgan fingerprint density at radius 3 is 2.63 bits per heavy atom. The molecule has 1 aliphatic rings. The van der Waals surface area contributed by atoms with E-state index in [0.717, 1.165) is 47.8 Å². The van der Waals surface area contributed by atoms with Gasteiger partial charge >= 0.3 is 0 Å². The van der Waals surface area contributed by atoms with E-state index in [1.807, 2.05) is 61.5 Å². The smallest absolute Gasteiger partial charge is 0.247 e. The molecule has 1 atom stereocenters. The number of fused-ring (bicyclic) bond motifs is 1. The van der Waals surface area contributed by atoms with Gasteiger partial charge in [-0.2, -0.15) is 0 Å². The van der Waals surface area contributed by atoms with Crippen LogP contribution in [0, 0.1) is 6.92 Å². The van der Waals surface area contributed by atoms with E-state index in [1.165, 1.54) is 0 Å². The molecule has 2 amide bonds. The number of hydrogen-bond donors (Lipinski definition) is 1. The van der Waals surface area contributed by atoms with Crippen molar-refractivity contribution < 1.29 is 14.0 Å². The molecule has 0 aliphatic heterocycles. The van der Waals surface area contributed by atoms with Gasteiger partial charge in [0.1, 0.15) is 23.9 Å². The molecular formula is C27H29N5O3. The Hall–Kier alpha value is -3.94. The molecule has 5 rings (SSSR count). The highest BCUT2D eigenvalue weighted by Crippen LogP contribution is 2.33. The Bertz CT molecular complexity index is 1310. The van der Waals surface area contributed by atoms with Crippen molar-refractivity contribution in [2.45, 2.75) is 57.8 Å². The van der Waals surface area contributed by atoms with Gasteiger partial charge in [0.2, 0.25) is 11.8 Å². The highest BCUT2D eigenvalue weighted by molar-refractivity contribution is 5.89. The Balaban J connectivity index is 1.50. The number of carbonyl (C=O) groups is 2. The van der Waals surface area contributed by atoms with E-state index in [9.17, 15) is 9.59 Å². The molecule has 8 nitrogen and oxygen atoms in total. The number of nitrogens with one attached hydrogen (secondary N) is 1. The molecule has 8 heteroatoms. The number of aryl methyl sites for hydroxylation is 1. The number of rotatable bonds is 8. The Labute approximate surface area is 203 Å². The molecule has 1 saturated carbocycles. The van der Waals surface area contributed by atoms with Gasteiger partial charge in [0, 0.05) is 6.04 Å². The van der Waals surface area contributed by atoms with E-state index in [1.54, 1.807) is 21.9 Å². The molecule has 0 bridgehead atoms. The fraction of sp³-hybridized carbons (Fsp3) is 0.333. The minimum absolute atomic E-state index is 0.0174. The summed E-state index contributed by atoms with van der Waals surface area (Å²) in [4.78, 5) is 29.5. The van der Waals surface area contributed by atoms with E-state index in [0.29, 0.717) is 5.76 Å². The first-order valence-electron chi connectivity index (χ1n) is 12.1. The first-order chi connectivity index (χ1) is 17.1. The van der Waals surface area contributed by atoms with Crippen LogP contribution in [-0.2, 0) is 22.7 Å². The zero-order valence-corrected chi connectivity index (χ0v) is 19.8. The van der Waals surface area contributed by atoms with E-state index in [-0.39, 0.29) is 30.9 Å². The van der Waals surface area contributed by atoms with Crippen LogP contribution in [0.25, 0.3) is 11.0 Å². The van der Waals surface area contributed by atoms with Crippen LogP contribution in [0.1, 0.15) is 48.6 Å². The van der Waals surface area contributed by atoms with Gasteiger partial charge in [0.05, 0.1) is 18.3 Å². The van der Waals surface area contributed by atoms with Crippen LogP contribution in [0.2, 0.25) is 0 Å². The van der Waals surface area contributed by atoms with Crippen molar-refractivity contribution >= 4 is 22.8 Å². The van der Waals surface area contributed by atoms with Crippen molar-refractivity contribution in [1.29, 1.82) is 0 Å². The number of carbonyl (C=O) groups excluding carboxylic acids is 2. The van der Waals surface area contributed by atoms with Crippen molar-refractivity contribution in [3.8, 4) is 0 Å². The number of hydrogen-bond acceptors (Lipinski definition) is 5. The number of para-hydroxylation sites is 1. The summed E-state index contributed by atoms with van der Waals surface area (Å²) >= 11 is 0. The summed E-state index contributed by atoms with van der Waals surface area (Å²) in [5.41, 5.74) is 3.32. The third-order valence-electron chi connectivity index (χ3n) is 6.74. The fourth-order valence-electron chi connectivity index (χ4n) is 4.98. The summed E-state index contributed by atoms with van der Waals surface area (Å²) in [6.45, 7) is 2.25. The van der Waals surface area contributed by atoms with Gasteiger partial charge in [-0.15, -0.1) is 5.10 Å². The third kappa shape index (κ3) is 4.82. The van der Waals surface area contributed by atoms with Crippen molar-refractivity contribution in [3.05, 3.63) is 83.8 Å². The van der Waals surface area contributed by atoms with Crippen LogP contribution in [-0.4, -0.2) is 37.7 Å². The molecule has 1 aliphatic carbocycles. The molecule has 4 aromatic rings. The predicted molar refractivity (Wildman–Crippen MR) is 131 cm³/mol. The van der Waals surface area contributed by atoms with Crippen LogP contribution in [0.3, 0.4) is 0 Å². The zero-order chi connectivity index (χ0) is 24.2. The highest BCUT2D eigenvalue weighted by atomic mass is 16.3. The number of aromatic nitrogens is 3. The van der Waals surface area contributed by atoms with Crippen LogP contribution in [0.15, 0.2) is 71.3 Å². The summed E-state index contributed by atoms with van der Waals surface area (Å²) in [5.74, 6) is 0.295. The molecule has 0 spiro atoms. The maximum Gasteiger partial charge on any atom is 0.247 e. The van der Waals surface area contributed by atoms with Gasteiger partial charge in [0.25, 0.3) is 0 Å². The summed E-state index contributed by atoms with van der Waals surface area (Å²) in [7, 11) is 0. The van der Waals surface area contributed by atoms with Crippen LogP contribution >= 0.6 is 0 Å². The van der Waals surface area contributed by atoms with Crippen LogP contribution in [0.5, 0.6) is 0 Å². The predicted octanol–water partition coefficient (Wildman–Crippen LogP) is 4.16. The van der Waals surface area contributed by atoms with E-state index >= 15 is 0 Å². The minimum atomic E-state index is -0.753. The van der Waals surface area contributed by atoms with Crippen molar-refractivity contribution in [2.24, 2.45) is 0 Å².